The van der Waals surface area contributed by atoms with Gasteiger partial charge < -0.3 is 24.0 Å². The molecule has 3 aromatic rings. The summed E-state index contributed by atoms with van der Waals surface area (Å²) < 4.78 is 2.20. The standard InChI is InChI=1S/C17H15N2.HI/c1-19-16(10-8-14-5-4-12-18-13-14)11-9-15-6-2-3-7-17(15)19;/h2-13H,1H3;1H/q+1;/p-1. The number of rotatable bonds is 2. The Kier molecular flexibility index (Phi) is 4.84. The van der Waals surface area contributed by atoms with E-state index >= 15 is 0 Å². The van der Waals surface area contributed by atoms with Crippen LogP contribution in [0.5, 0.6) is 0 Å². The highest BCUT2D eigenvalue weighted by Gasteiger charge is 2.07. The van der Waals surface area contributed by atoms with E-state index in [1.54, 1.807) is 6.20 Å². The molecule has 3 heteroatoms. The molecule has 2 heterocycles. The van der Waals surface area contributed by atoms with Crippen LogP contribution >= 0.6 is 0 Å². The average molecular weight is 374 g/mol. The molecular formula is C17H15IN2. The fraction of sp³-hybridized carbons (Fsp3) is 0.0588. The quantitative estimate of drug-likeness (QED) is 0.464. The summed E-state index contributed by atoms with van der Waals surface area (Å²) in [5.74, 6) is 0. The Bertz CT molecular complexity index is 736. The number of fused-ring (bicyclic) bond motifs is 1. The van der Waals surface area contributed by atoms with Gasteiger partial charge in [0.2, 0.25) is 11.2 Å². The molecule has 3 rings (SSSR count). The van der Waals surface area contributed by atoms with Crippen LogP contribution < -0.4 is 28.5 Å². The Morgan fingerprint density at radius 2 is 1.80 bits per heavy atom. The lowest BCUT2D eigenvalue weighted by atomic mass is 10.1. The van der Waals surface area contributed by atoms with Crippen molar-refractivity contribution in [2.24, 2.45) is 7.05 Å². The second-order valence-electron chi connectivity index (χ2n) is 4.50. The van der Waals surface area contributed by atoms with Gasteiger partial charge in [0, 0.05) is 36.0 Å². The minimum Gasteiger partial charge on any atom is -1.00 e. The van der Waals surface area contributed by atoms with E-state index in [0.29, 0.717) is 0 Å². The van der Waals surface area contributed by atoms with Crippen LogP contribution in [0.2, 0.25) is 0 Å². The van der Waals surface area contributed by atoms with Crippen molar-refractivity contribution < 1.29 is 28.5 Å². The molecule has 0 aliphatic heterocycles. The summed E-state index contributed by atoms with van der Waals surface area (Å²) in [6.45, 7) is 0. The Morgan fingerprint density at radius 1 is 0.950 bits per heavy atom. The highest BCUT2D eigenvalue weighted by atomic mass is 127. The van der Waals surface area contributed by atoms with Gasteiger partial charge in [-0.2, -0.15) is 4.57 Å². The van der Waals surface area contributed by atoms with Crippen molar-refractivity contribution in [3.63, 3.8) is 0 Å². The molecule has 100 valence electrons. The number of para-hydroxylation sites is 1. The first kappa shape index (κ1) is 14.7. The maximum absolute atomic E-state index is 4.11. The largest absolute Gasteiger partial charge is 1.00 e. The van der Waals surface area contributed by atoms with Crippen LogP contribution in [-0.2, 0) is 7.05 Å². The summed E-state index contributed by atoms with van der Waals surface area (Å²) in [6, 6.07) is 16.7. The smallest absolute Gasteiger partial charge is 0.212 e. The molecule has 0 saturated carbocycles. The zero-order valence-electron chi connectivity index (χ0n) is 11.2. The van der Waals surface area contributed by atoms with Gasteiger partial charge in [0.05, 0.1) is 0 Å². The molecule has 0 bridgehead atoms. The molecule has 0 N–H and O–H groups in total. The highest BCUT2D eigenvalue weighted by molar-refractivity contribution is 5.77. The van der Waals surface area contributed by atoms with Gasteiger partial charge >= 0.3 is 0 Å². The molecule has 0 aliphatic carbocycles. The zero-order valence-corrected chi connectivity index (χ0v) is 13.4. The van der Waals surface area contributed by atoms with Crippen molar-refractivity contribution in [1.82, 2.24) is 4.98 Å². The number of hydrogen-bond donors (Lipinski definition) is 0. The summed E-state index contributed by atoms with van der Waals surface area (Å²) in [5, 5.41) is 1.25. The van der Waals surface area contributed by atoms with Crippen molar-refractivity contribution in [3.05, 3.63) is 72.2 Å². The fourth-order valence-electron chi connectivity index (χ4n) is 2.18. The number of aromatic nitrogens is 2. The molecule has 2 aromatic heterocycles. The van der Waals surface area contributed by atoms with E-state index in [0.717, 1.165) is 5.56 Å². The molecule has 1 aromatic carbocycles. The van der Waals surface area contributed by atoms with Crippen LogP contribution in [0.3, 0.4) is 0 Å². The second-order valence-corrected chi connectivity index (χ2v) is 4.50. The second kappa shape index (κ2) is 6.61. The van der Waals surface area contributed by atoms with Gasteiger partial charge in [0.1, 0.15) is 7.05 Å². The van der Waals surface area contributed by atoms with Crippen molar-refractivity contribution >= 4 is 23.1 Å². The van der Waals surface area contributed by atoms with Crippen LogP contribution in [0.25, 0.3) is 23.1 Å². The highest BCUT2D eigenvalue weighted by Crippen LogP contribution is 2.11. The molecule has 2 nitrogen and oxygen atoms in total. The summed E-state index contributed by atoms with van der Waals surface area (Å²) in [7, 11) is 2.09. The molecule has 0 aliphatic rings. The maximum atomic E-state index is 4.11. The monoisotopic (exact) mass is 374 g/mol. The topological polar surface area (TPSA) is 16.8 Å². The van der Waals surface area contributed by atoms with Gasteiger partial charge in [-0.15, -0.1) is 0 Å². The van der Waals surface area contributed by atoms with E-state index in [-0.39, 0.29) is 24.0 Å². The first-order valence-electron chi connectivity index (χ1n) is 6.30. The van der Waals surface area contributed by atoms with Gasteiger partial charge in [-0.1, -0.05) is 18.2 Å². The lowest BCUT2D eigenvalue weighted by molar-refractivity contribution is -0.646. The number of halogens is 1. The van der Waals surface area contributed by atoms with E-state index in [4.69, 9.17) is 0 Å². The molecule has 0 unspecified atom stereocenters. The SMILES string of the molecule is C[n+]1c(/C=C/c2cccnc2)ccc2ccccc21.[I-]. The third kappa shape index (κ3) is 3.04. The predicted octanol–water partition coefficient (Wildman–Crippen LogP) is 0.234. The van der Waals surface area contributed by atoms with Crippen LogP contribution in [0, 0.1) is 0 Å². The first-order chi connectivity index (χ1) is 9.34. The molecule has 0 amide bonds. The Balaban J connectivity index is 0.00000147. The number of pyridine rings is 2. The summed E-state index contributed by atoms with van der Waals surface area (Å²) in [5.41, 5.74) is 3.51. The normalized spacial score (nSPS) is 10.7. The summed E-state index contributed by atoms with van der Waals surface area (Å²) in [4.78, 5) is 4.11. The molecule has 0 saturated heterocycles. The van der Waals surface area contributed by atoms with Crippen LogP contribution in [0.15, 0.2) is 60.9 Å². The van der Waals surface area contributed by atoms with Gasteiger partial charge in [0.15, 0.2) is 0 Å². The van der Waals surface area contributed by atoms with Crippen molar-refractivity contribution in [3.8, 4) is 0 Å². The maximum Gasteiger partial charge on any atom is 0.212 e. The third-order valence-corrected chi connectivity index (χ3v) is 3.25. The minimum atomic E-state index is 0. The van der Waals surface area contributed by atoms with Crippen LogP contribution in [-0.4, -0.2) is 4.98 Å². The van der Waals surface area contributed by atoms with Crippen molar-refractivity contribution in [2.45, 2.75) is 0 Å². The predicted molar refractivity (Wildman–Crippen MR) is 78.3 cm³/mol. The summed E-state index contributed by atoms with van der Waals surface area (Å²) >= 11 is 0. The van der Waals surface area contributed by atoms with Crippen molar-refractivity contribution in [1.29, 1.82) is 0 Å². The van der Waals surface area contributed by atoms with Crippen LogP contribution in [0.4, 0.5) is 0 Å². The van der Waals surface area contributed by atoms with Crippen LogP contribution in [0.1, 0.15) is 11.3 Å². The van der Waals surface area contributed by atoms with E-state index in [2.05, 4.69) is 65.1 Å². The van der Waals surface area contributed by atoms with Gasteiger partial charge in [-0.05, 0) is 29.8 Å². The lowest BCUT2D eigenvalue weighted by Crippen LogP contribution is -3.00. The molecular weight excluding hydrogens is 359 g/mol. The average Bonchev–Trinajstić information content (AvgIpc) is 2.48. The number of aryl methyl sites for hydroxylation is 1. The third-order valence-electron chi connectivity index (χ3n) is 3.25. The lowest BCUT2D eigenvalue weighted by Gasteiger charge is -1.99. The molecule has 0 fully saturated rings. The molecule has 0 atom stereocenters. The van der Waals surface area contributed by atoms with Crippen molar-refractivity contribution in [2.75, 3.05) is 0 Å². The Morgan fingerprint density at radius 3 is 2.60 bits per heavy atom. The van der Waals surface area contributed by atoms with E-state index in [9.17, 15) is 0 Å². The fourth-order valence-corrected chi connectivity index (χ4v) is 2.18. The molecule has 0 radical (unpaired) electrons. The zero-order chi connectivity index (χ0) is 13.1. The van der Waals surface area contributed by atoms with E-state index in [1.165, 1.54) is 16.6 Å². The van der Waals surface area contributed by atoms with Gasteiger partial charge in [-0.25, -0.2) is 0 Å². The van der Waals surface area contributed by atoms with Gasteiger partial charge in [0.25, 0.3) is 0 Å². The van der Waals surface area contributed by atoms with Gasteiger partial charge in [-0.3, -0.25) is 4.98 Å². The first-order valence-corrected chi connectivity index (χ1v) is 6.30. The Hall–Kier alpha value is -1.75. The molecule has 0 spiro atoms. The Labute approximate surface area is 135 Å². The van der Waals surface area contributed by atoms with E-state index in [1.807, 2.05) is 18.3 Å². The summed E-state index contributed by atoms with van der Waals surface area (Å²) in [6.07, 6.45) is 7.84. The number of nitrogens with zero attached hydrogens (tertiary/aromatic N) is 2. The van der Waals surface area contributed by atoms with E-state index < -0.39 is 0 Å². The minimum absolute atomic E-state index is 0. The number of hydrogen-bond acceptors (Lipinski definition) is 1. The number of benzene rings is 1. The molecule has 20 heavy (non-hydrogen) atoms.